The summed E-state index contributed by atoms with van der Waals surface area (Å²) < 4.78 is 8.06. The van der Waals surface area contributed by atoms with E-state index in [1.54, 1.807) is 6.20 Å². The first-order valence-corrected chi connectivity index (χ1v) is 7.55. The van der Waals surface area contributed by atoms with Gasteiger partial charge in [-0.2, -0.15) is 0 Å². The van der Waals surface area contributed by atoms with E-state index in [1.165, 1.54) is 0 Å². The van der Waals surface area contributed by atoms with E-state index in [9.17, 15) is 0 Å². The third-order valence-electron chi connectivity index (χ3n) is 3.62. The molecule has 1 unspecified atom stereocenters. The number of hydrogen-bond donors (Lipinski definition) is 0. The molecule has 0 saturated carbocycles. The van der Waals surface area contributed by atoms with E-state index < -0.39 is 0 Å². The lowest BCUT2D eigenvalue weighted by Gasteiger charge is -2.18. The number of para-hydroxylation sites is 1. The van der Waals surface area contributed by atoms with Gasteiger partial charge in [-0.05, 0) is 30.7 Å². The van der Waals surface area contributed by atoms with Crippen molar-refractivity contribution in [1.82, 2.24) is 9.55 Å². The monoisotopic (exact) mass is 312 g/mol. The largest absolute Gasteiger partial charge is 0.489 e. The molecule has 3 nitrogen and oxygen atoms in total. The maximum atomic E-state index is 6.01. The molecule has 0 aliphatic carbocycles. The first-order valence-electron chi connectivity index (χ1n) is 7.17. The summed E-state index contributed by atoms with van der Waals surface area (Å²) in [6, 6.07) is 16.0. The molecule has 0 aliphatic heterocycles. The molecule has 0 aliphatic rings. The molecule has 1 heterocycles. The average molecular weight is 313 g/mol. The number of benzene rings is 2. The standard InChI is InChI=1S/C18H17ClN2O/c1-14(21-10-9-20-13-21)17-7-2-3-8-18(17)22-12-15-5-4-6-16(19)11-15/h2-11,13-14H,12H2,1H3. The molecule has 0 spiro atoms. The van der Waals surface area contributed by atoms with Gasteiger partial charge in [-0.15, -0.1) is 0 Å². The predicted octanol–water partition coefficient (Wildman–Crippen LogP) is 4.72. The zero-order valence-corrected chi connectivity index (χ0v) is 13.1. The maximum Gasteiger partial charge on any atom is 0.125 e. The zero-order valence-electron chi connectivity index (χ0n) is 12.3. The lowest BCUT2D eigenvalue weighted by atomic mass is 10.1. The first kappa shape index (κ1) is 14.7. The zero-order chi connectivity index (χ0) is 15.4. The van der Waals surface area contributed by atoms with Crippen molar-refractivity contribution in [2.24, 2.45) is 0 Å². The van der Waals surface area contributed by atoms with Gasteiger partial charge in [0.2, 0.25) is 0 Å². The Hall–Kier alpha value is -2.26. The summed E-state index contributed by atoms with van der Waals surface area (Å²) in [7, 11) is 0. The van der Waals surface area contributed by atoms with Crippen molar-refractivity contribution in [2.45, 2.75) is 19.6 Å². The fraction of sp³-hybridized carbons (Fsp3) is 0.167. The van der Waals surface area contributed by atoms with Crippen LogP contribution in [0.15, 0.2) is 67.3 Å². The molecule has 2 aromatic carbocycles. The van der Waals surface area contributed by atoms with Crippen LogP contribution in [0.1, 0.15) is 24.1 Å². The second-order valence-corrected chi connectivity index (χ2v) is 5.58. The SMILES string of the molecule is CC(c1ccccc1OCc1cccc(Cl)c1)n1ccnc1. The van der Waals surface area contributed by atoms with Crippen LogP contribution in [0.5, 0.6) is 5.75 Å². The highest BCUT2D eigenvalue weighted by Crippen LogP contribution is 2.28. The minimum absolute atomic E-state index is 0.165. The molecular formula is C18H17ClN2O. The number of ether oxygens (including phenoxy) is 1. The second-order valence-electron chi connectivity index (χ2n) is 5.14. The quantitative estimate of drug-likeness (QED) is 0.681. The van der Waals surface area contributed by atoms with E-state index in [1.807, 2.05) is 55.0 Å². The summed E-state index contributed by atoms with van der Waals surface area (Å²) in [6.07, 6.45) is 5.56. The van der Waals surface area contributed by atoms with Crippen LogP contribution < -0.4 is 4.74 Å². The molecular weight excluding hydrogens is 296 g/mol. The number of halogens is 1. The van der Waals surface area contributed by atoms with Crippen molar-refractivity contribution in [3.05, 3.63) is 83.4 Å². The summed E-state index contributed by atoms with van der Waals surface area (Å²) in [6.45, 7) is 2.62. The van der Waals surface area contributed by atoms with Gasteiger partial charge in [0, 0.05) is 23.0 Å². The molecule has 112 valence electrons. The van der Waals surface area contributed by atoms with Crippen LogP contribution in [0.2, 0.25) is 5.02 Å². The van der Waals surface area contributed by atoms with Crippen molar-refractivity contribution >= 4 is 11.6 Å². The number of hydrogen-bond acceptors (Lipinski definition) is 2. The Labute approximate surface area is 135 Å². The summed E-state index contributed by atoms with van der Waals surface area (Å²) in [4.78, 5) is 4.11. The highest BCUT2D eigenvalue weighted by molar-refractivity contribution is 6.30. The van der Waals surface area contributed by atoms with Crippen LogP contribution in [-0.4, -0.2) is 9.55 Å². The molecule has 0 amide bonds. The van der Waals surface area contributed by atoms with Gasteiger partial charge in [-0.1, -0.05) is 41.9 Å². The van der Waals surface area contributed by atoms with E-state index >= 15 is 0 Å². The second kappa shape index (κ2) is 6.67. The molecule has 0 bridgehead atoms. The van der Waals surface area contributed by atoms with Crippen LogP contribution in [0.4, 0.5) is 0 Å². The lowest BCUT2D eigenvalue weighted by molar-refractivity contribution is 0.300. The fourth-order valence-corrected chi connectivity index (χ4v) is 2.62. The van der Waals surface area contributed by atoms with E-state index in [-0.39, 0.29) is 6.04 Å². The molecule has 0 fully saturated rings. The van der Waals surface area contributed by atoms with Gasteiger partial charge in [0.05, 0.1) is 12.4 Å². The van der Waals surface area contributed by atoms with Crippen LogP contribution in [0, 0.1) is 0 Å². The maximum absolute atomic E-state index is 6.01. The topological polar surface area (TPSA) is 27.1 Å². The lowest BCUT2D eigenvalue weighted by Crippen LogP contribution is -2.07. The molecule has 3 rings (SSSR count). The van der Waals surface area contributed by atoms with Crippen molar-refractivity contribution in [3.63, 3.8) is 0 Å². The van der Waals surface area contributed by atoms with Crippen LogP contribution >= 0.6 is 11.6 Å². The normalized spacial score (nSPS) is 12.1. The van der Waals surface area contributed by atoms with Crippen molar-refractivity contribution < 1.29 is 4.74 Å². The number of aromatic nitrogens is 2. The Morgan fingerprint density at radius 3 is 2.82 bits per heavy atom. The van der Waals surface area contributed by atoms with Gasteiger partial charge in [0.1, 0.15) is 12.4 Å². The fourth-order valence-electron chi connectivity index (χ4n) is 2.40. The predicted molar refractivity (Wildman–Crippen MR) is 88.3 cm³/mol. The Morgan fingerprint density at radius 1 is 1.18 bits per heavy atom. The first-order chi connectivity index (χ1) is 10.7. The summed E-state index contributed by atoms with van der Waals surface area (Å²) in [5.74, 6) is 0.878. The smallest absolute Gasteiger partial charge is 0.125 e. The minimum atomic E-state index is 0.165. The van der Waals surface area contributed by atoms with Gasteiger partial charge >= 0.3 is 0 Å². The highest BCUT2D eigenvalue weighted by atomic mass is 35.5. The van der Waals surface area contributed by atoms with Crippen molar-refractivity contribution in [1.29, 1.82) is 0 Å². The van der Waals surface area contributed by atoms with Gasteiger partial charge < -0.3 is 9.30 Å². The van der Waals surface area contributed by atoms with E-state index in [0.29, 0.717) is 6.61 Å². The minimum Gasteiger partial charge on any atom is -0.489 e. The molecule has 0 N–H and O–H groups in total. The molecule has 1 aromatic heterocycles. The van der Waals surface area contributed by atoms with Gasteiger partial charge in [-0.25, -0.2) is 4.98 Å². The summed E-state index contributed by atoms with van der Waals surface area (Å²) >= 11 is 6.01. The molecule has 0 radical (unpaired) electrons. The summed E-state index contributed by atoms with van der Waals surface area (Å²) in [5.41, 5.74) is 2.18. The molecule has 1 atom stereocenters. The number of nitrogens with zero attached hydrogens (tertiary/aromatic N) is 2. The average Bonchev–Trinajstić information content (AvgIpc) is 3.07. The Kier molecular flexibility index (Phi) is 4.45. The number of imidazole rings is 1. The van der Waals surface area contributed by atoms with E-state index in [2.05, 4.69) is 22.5 Å². The van der Waals surface area contributed by atoms with Crippen molar-refractivity contribution in [3.8, 4) is 5.75 Å². The summed E-state index contributed by atoms with van der Waals surface area (Å²) in [5, 5.41) is 0.723. The third kappa shape index (κ3) is 3.31. The Balaban J connectivity index is 1.79. The molecule has 0 saturated heterocycles. The van der Waals surface area contributed by atoms with Crippen LogP contribution in [0.25, 0.3) is 0 Å². The Morgan fingerprint density at radius 2 is 2.05 bits per heavy atom. The molecule has 4 heteroatoms. The molecule has 3 aromatic rings. The van der Waals surface area contributed by atoms with Gasteiger partial charge in [0.15, 0.2) is 0 Å². The van der Waals surface area contributed by atoms with Crippen LogP contribution in [0.3, 0.4) is 0 Å². The Bertz CT molecular complexity index is 740. The van der Waals surface area contributed by atoms with Gasteiger partial charge in [0.25, 0.3) is 0 Å². The molecule has 22 heavy (non-hydrogen) atoms. The van der Waals surface area contributed by atoms with Gasteiger partial charge in [-0.3, -0.25) is 0 Å². The number of rotatable bonds is 5. The van der Waals surface area contributed by atoms with Crippen molar-refractivity contribution in [2.75, 3.05) is 0 Å². The van der Waals surface area contributed by atoms with E-state index in [0.717, 1.165) is 21.9 Å². The highest BCUT2D eigenvalue weighted by Gasteiger charge is 2.12. The van der Waals surface area contributed by atoms with E-state index in [4.69, 9.17) is 16.3 Å². The van der Waals surface area contributed by atoms with Crippen LogP contribution in [-0.2, 0) is 6.61 Å². The third-order valence-corrected chi connectivity index (χ3v) is 3.86.